The van der Waals surface area contributed by atoms with Crippen LogP contribution in [0, 0.1) is 6.92 Å². The standard InChI is InChI=1S/C17H22N4O3/c1-13-2-7-24-16(13)17(22)21-4-3-20-11-14(18-15(20)12-21)10-19-5-8-23-9-6-19/h2,7,11H,3-6,8-10,12H2,1H3. The smallest absolute Gasteiger partial charge is 0.290 e. The van der Waals surface area contributed by atoms with Crippen molar-refractivity contribution < 1.29 is 13.9 Å². The van der Waals surface area contributed by atoms with Gasteiger partial charge in [0.25, 0.3) is 5.91 Å². The minimum absolute atomic E-state index is 0.0542. The number of nitrogens with zero attached hydrogens (tertiary/aromatic N) is 4. The van der Waals surface area contributed by atoms with Gasteiger partial charge in [-0.1, -0.05) is 0 Å². The van der Waals surface area contributed by atoms with Crippen molar-refractivity contribution >= 4 is 5.91 Å². The molecule has 128 valence electrons. The van der Waals surface area contributed by atoms with Crippen LogP contribution >= 0.6 is 0 Å². The van der Waals surface area contributed by atoms with E-state index in [4.69, 9.17) is 14.1 Å². The first-order valence-corrected chi connectivity index (χ1v) is 8.39. The molecule has 0 saturated carbocycles. The number of fused-ring (bicyclic) bond motifs is 1. The van der Waals surface area contributed by atoms with E-state index in [-0.39, 0.29) is 5.91 Å². The van der Waals surface area contributed by atoms with Gasteiger partial charge in [0.1, 0.15) is 5.82 Å². The number of carbonyl (C=O) groups is 1. The van der Waals surface area contributed by atoms with Crippen LogP contribution in [-0.2, 0) is 24.4 Å². The first-order valence-electron chi connectivity index (χ1n) is 8.39. The number of hydrogen-bond acceptors (Lipinski definition) is 5. The molecule has 0 spiro atoms. The van der Waals surface area contributed by atoms with Crippen molar-refractivity contribution in [1.29, 1.82) is 0 Å². The topological polar surface area (TPSA) is 63.7 Å². The molecular formula is C17H22N4O3. The molecule has 2 aromatic heterocycles. The average molecular weight is 330 g/mol. The van der Waals surface area contributed by atoms with Gasteiger partial charge < -0.3 is 18.6 Å². The van der Waals surface area contributed by atoms with Gasteiger partial charge in [-0.2, -0.15) is 0 Å². The number of furan rings is 1. The van der Waals surface area contributed by atoms with E-state index in [2.05, 4.69) is 15.7 Å². The molecule has 4 heterocycles. The molecule has 24 heavy (non-hydrogen) atoms. The maximum Gasteiger partial charge on any atom is 0.290 e. The first-order chi connectivity index (χ1) is 11.7. The Balaban J connectivity index is 1.45. The number of morpholine rings is 1. The molecule has 1 amide bonds. The van der Waals surface area contributed by atoms with Crippen LogP contribution in [0.15, 0.2) is 22.9 Å². The summed E-state index contributed by atoms with van der Waals surface area (Å²) in [5.74, 6) is 1.33. The monoisotopic (exact) mass is 330 g/mol. The quantitative estimate of drug-likeness (QED) is 0.848. The van der Waals surface area contributed by atoms with Crippen molar-refractivity contribution in [3.8, 4) is 0 Å². The van der Waals surface area contributed by atoms with E-state index in [1.807, 2.05) is 17.9 Å². The minimum atomic E-state index is -0.0542. The van der Waals surface area contributed by atoms with Crippen LogP contribution < -0.4 is 0 Å². The molecule has 7 heteroatoms. The predicted octanol–water partition coefficient (Wildman–Crippen LogP) is 1.27. The van der Waals surface area contributed by atoms with Gasteiger partial charge in [-0.05, 0) is 13.0 Å². The average Bonchev–Trinajstić information content (AvgIpc) is 3.19. The molecule has 0 aliphatic carbocycles. The number of ether oxygens (including phenoxy) is 1. The zero-order valence-electron chi connectivity index (χ0n) is 13.9. The van der Waals surface area contributed by atoms with Gasteiger partial charge in [-0.15, -0.1) is 0 Å². The Morgan fingerprint density at radius 2 is 2.08 bits per heavy atom. The van der Waals surface area contributed by atoms with Gasteiger partial charge in [0.2, 0.25) is 0 Å². The maximum absolute atomic E-state index is 12.6. The highest BCUT2D eigenvalue weighted by Gasteiger charge is 2.26. The molecule has 1 fully saturated rings. The van der Waals surface area contributed by atoms with E-state index in [1.165, 1.54) is 0 Å². The zero-order chi connectivity index (χ0) is 16.5. The Bertz CT molecular complexity index is 730. The van der Waals surface area contributed by atoms with Crippen molar-refractivity contribution in [3.63, 3.8) is 0 Å². The Morgan fingerprint density at radius 1 is 1.25 bits per heavy atom. The lowest BCUT2D eigenvalue weighted by Gasteiger charge is -2.27. The molecule has 2 aliphatic heterocycles. The number of hydrogen-bond donors (Lipinski definition) is 0. The molecule has 4 rings (SSSR count). The fraction of sp³-hybridized carbons (Fsp3) is 0.529. The van der Waals surface area contributed by atoms with Crippen LogP contribution in [0.1, 0.15) is 27.6 Å². The summed E-state index contributed by atoms with van der Waals surface area (Å²) in [6.07, 6.45) is 3.68. The molecule has 2 aliphatic rings. The highest BCUT2D eigenvalue weighted by Crippen LogP contribution is 2.19. The minimum Gasteiger partial charge on any atom is -0.459 e. The fourth-order valence-corrected chi connectivity index (χ4v) is 3.28. The van der Waals surface area contributed by atoms with E-state index in [1.54, 1.807) is 6.26 Å². The van der Waals surface area contributed by atoms with Crippen LogP contribution in [0.25, 0.3) is 0 Å². The third-order valence-electron chi connectivity index (χ3n) is 4.69. The van der Waals surface area contributed by atoms with Crippen molar-refractivity contribution in [1.82, 2.24) is 19.4 Å². The lowest BCUT2D eigenvalue weighted by molar-refractivity contribution is 0.0337. The van der Waals surface area contributed by atoms with Crippen LogP contribution in [0.4, 0.5) is 0 Å². The van der Waals surface area contributed by atoms with Crippen molar-refractivity contribution in [2.45, 2.75) is 26.6 Å². The number of aryl methyl sites for hydroxylation is 1. The largest absolute Gasteiger partial charge is 0.459 e. The Hall–Kier alpha value is -2.12. The second-order valence-electron chi connectivity index (χ2n) is 6.39. The number of rotatable bonds is 3. The van der Waals surface area contributed by atoms with Gasteiger partial charge in [0, 0.05) is 44.5 Å². The molecule has 2 aromatic rings. The number of aromatic nitrogens is 2. The van der Waals surface area contributed by atoms with E-state index >= 15 is 0 Å². The summed E-state index contributed by atoms with van der Waals surface area (Å²) in [5, 5.41) is 0. The molecule has 7 nitrogen and oxygen atoms in total. The molecule has 0 bridgehead atoms. The van der Waals surface area contributed by atoms with Crippen molar-refractivity contribution in [3.05, 3.63) is 41.4 Å². The highest BCUT2D eigenvalue weighted by atomic mass is 16.5. The van der Waals surface area contributed by atoms with E-state index in [9.17, 15) is 4.79 Å². The second kappa shape index (κ2) is 6.41. The summed E-state index contributed by atoms with van der Waals surface area (Å²) in [6, 6.07) is 1.82. The molecule has 0 unspecified atom stereocenters. The SMILES string of the molecule is Cc1ccoc1C(=O)N1CCn2cc(CN3CCOCC3)nc2C1. The van der Waals surface area contributed by atoms with Crippen LogP contribution in [0.2, 0.25) is 0 Å². The number of imidazole rings is 1. The number of amides is 1. The second-order valence-corrected chi connectivity index (χ2v) is 6.39. The van der Waals surface area contributed by atoms with Gasteiger partial charge in [-0.3, -0.25) is 9.69 Å². The molecular weight excluding hydrogens is 308 g/mol. The van der Waals surface area contributed by atoms with Crippen LogP contribution in [0.5, 0.6) is 0 Å². The fourth-order valence-electron chi connectivity index (χ4n) is 3.28. The van der Waals surface area contributed by atoms with E-state index < -0.39 is 0 Å². The lowest BCUT2D eigenvalue weighted by Crippen LogP contribution is -2.38. The molecule has 0 aromatic carbocycles. The Labute approximate surface area is 140 Å². The summed E-state index contributed by atoms with van der Waals surface area (Å²) < 4.78 is 12.9. The van der Waals surface area contributed by atoms with E-state index in [0.29, 0.717) is 18.8 Å². The zero-order valence-corrected chi connectivity index (χ0v) is 13.9. The van der Waals surface area contributed by atoms with Crippen molar-refractivity contribution in [2.75, 3.05) is 32.8 Å². The Morgan fingerprint density at radius 3 is 2.83 bits per heavy atom. The predicted molar refractivity (Wildman–Crippen MR) is 86.5 cm³/mol. The van der Waals surface area contributed by atoms with Crippen molar-refractivity contribution in [2.24, 2.45) is 0 Å². The van der Waals surface area contributed by atoms with Gasteiger partial charge in [-0.25, -0.2) is 4.98 Å². The third-order valence-corrected chi connectivity index (χ3v) is 4.69. The molecule has 0 radical (unpaired) electrons. The maximum atomic E-state index is 12.6. The van der Waals surface area contributed by atoms with Gasteiger partial charge in [0.05, 0.1) is 31.7 Å². The third kappa shape index (κ3) is 2.97. The van der Waals surface area contributed by atoms with Gasteiger partial charge in [0.15, 0.2) is 5.76 Å². The van der Waals surface area contributed by atoms with E-state index in [0.717, 1.165) is 56.5 Å². The summed E-state index contributed by atoms with van der Waals surface area (Å²) in [7, 11) is 0. The van der Waals surface area contributed by atoms with Crippen LogP contribution in [-0.4, -0.2) is 58.1 Å². The van der Waals surface area contributed by atoms with Gasteiger partial charge >= 0.3 is 0 Å². The highest BCUT2D eigenvalue weighted by molar-refractivity contribution is 5.92. The first kappa shape index (κ1) is 15.4. The van der Waals surface area contributed by atoms with Crippen LogP contribution in [0.3, 0.4) is 0 Å². The summed E-state index contributed by atoms with van der Waals surface area (Å²) in [5.41, 5.74) is 1.94. The summed E-state index contributed by atoms with van der Waals surface area (Å²) in [4.78, 5) is 21.5. The normalized spacial score (nSPS) is 18.6. The Kier molecular flexibility index (Phi) is 4.12. The molecule has 1 saturated heterocycles. The summed E-state index contributed by atoms with van der Waals surface area (Å²) >= 11 is 0. The summed E-state index contributed by atoms with van der Waals surface area (Å²) in [6.45, 7) is 8.20. The number of carbonyl (C=O) groups excluding carboxylic acids is 1. The molecule has 0 N–H and O–H groups in total. The lowest BCUT2D eigenvalue weighted by atomic mass is 10.2. The molecule has 0 atom stereocenters.